The minimum atomic E-state index is 0.289. The molecule has 110 valence electrons. The van der Waals surface area contributed by atoms with Gasteiger partial charge in [0.25, 0.3) is 0 Å². The number of terminal acetylenes is 1. The molecule has 0 radical (unpaired) electrons. The van der Waals surface area contributed by atoms with E-state index >= 15 is 0 Å². The summed E-state index contributed by atoms with van der Waals surface area (Å²) in [5.41, 5.74) is 2.83. The standard InChI is InChI=1S/C18H16N2O2/c1-2-11-21-14-16-12-19-18-17(9-6-10-20(16)18)22-13-15-7-4-3-5-8-15/h1,3-10,12H,11,13-14H2. The fourth-order valence-corrected chi connectivity index (χ4v) is 2.21. The highest BCUT2D eigenvalue weighted by Gasteiger charge is 2.08. The summed E-state index contributed by atoms with van der Waals surface area (Å²) >= 11 is 0. The Hall–Kier alpha value is -2.77. The van der Waals surface area contributed by atoms with Crippen LogP contribution in [-0.2, 0) is 18.0 Å². The van der Waals surface area contributed by atoms with Crippen LogP contribution in [0.1, 0.15) is 11.3 Å². The third kappa shape index (κ3) is 3.11. The zero-order valence-corrected chi connectivity index (χ0v) is 12.1. The van der Waals surface area contributed by atoms with E-state index in [1.165, 1.54) is 0 Å². The van der Waals surface area contributed by atoms with Gasteiger partial charge in [-0.2, -0.15) is 0 Å². The van der Waals surface area contributed by atoms with Crippen LogP contribution in [0.5, 0.6) is 5.75 Å². The van der Waals surface area contributed by atoms with E-state index in [0.717, 1.165) is 22.7 Å². The van der Waals surface area contributed by atoms with Gasteiger partial charge in [-0.05, 0) is 17.7 Å². The summed E-state index contributed by atoms with van der Waals surface area (Å²) < 4.78 is 13.2. The fourth-order valence-electron chi connectivity index (χ4n) is 2.21. The maximum atomic E-state index is 5.89. The van der Waals surface area contributed by atoms with Gasteiger partial charge in [-0.15, -0.1) is 6.42 Å². The third-order valence-electron chi connectivity index (χ3n) is 3.25. The molecular weight excluding hydrogens is 276 g/mol. The number of imidazole rings is 1. The molecule has 0 atom stereocenters. The molecule has 2 aromatic heterocycles. The van der Waals surface area contributed by atoms with Crippen LogP contribution in [0.25, 0.3) is 5.65 Å². The minimum absolute atomic E-state index is 0.289. The lowest BCUT2D eigenvalue weighted by Gasteiger charge is -2.08. The van der Waals surface area contributed by atoms with Crippen LogP contribution in [-0.4, -0.2) is 16.0 Å². The molecule has 0 saturated heterocycles. The molecular formula is C18H16N2O2. The molecule has 0 aliphatic heterocycles. The number of aromatic nitrogens is 2. The quantitative estimate of drug-likeness (QED) is 0.517. The van der Waals surface area contributed by atoms with Crippen molar-refractivity contribution >= 4 is 5.65 Å². The van der Waals surface area contributed by atoms with E-state index in [-0.39, 0.29) is 6.61 Å². The van der Waals surface area contributed by atoms with E-state index in [0.29, 0.717) is 13.2 Å². The number of fused-ring (bicyclic) bond motifs is 1. The van der Waals surface area contributed by atoms with E-state index in [2.05, 4.69) is 10.9 Å². The number of ether oxygens (including phenoxy) is 2. The van der Waals surface area contributed by atoms with E-state index in [9.17, 15) is 0 Å². The Balaban J connectivity index is 1.77. The van der Waals surface area contributed by atoms with Gasteiger partial charge < -0.3 is 9.47 Å². The van der Waals surface area contributed by atoms with Crippen LogP contribution in [0.4, 0.5) is 0 Å². The highest BCUT2D eigenvalue weighted by atomic mass is 16.5. The lowest BCUT2D eigenvalue weighted by atomic mass is 10.2. The van der Waals surface area contributed by atoms with Crippen LogP contribution in [0.15, 0.2) is 54.9 Å². The van der Waals surface area contributed by atoms with E-state index in [4.69, 9.17) is 15.9 Å². The molecule has 3 rings (SSSR count). The number of hydrogen-bond donors (Lipinski definition) is 0. The van der Waals surface area contributed by atoms with Crippen molar-refractivity contribution < 1.29 is 9.47 Å². The summed E-state index contributed by atoms with van der Waals surface area (Å²) in [6.45, 7) is 1.22. The Morgan fingerprint density at radius 2 is 1.95 bits per heavy atom. The van der Waals surface area contributed by atoms with Crippen molar-refractivity contribution in [3.8, 4) is 18.1 Å². The van der Waals surface area contributed by atoms with Gasteiger partial charge in [-0.3, -0.25) is 4.40 Å². The van der Waals surface area contributed by atoms with Gasteiger partial charge >= 0.3 is 0 Å². The molecule has 0 amide bonds. The van der Waals surface area contributed by atoms with Crippen molar-refractivity contribution in [1.82, 2.24) is 9.38 Å². The molecule has 0 unspecified atom stereocenters. The number of hydrogen-bond acceptors (Lipinski definition) is 3. The summed E-state index contributed by atoms with van der Waals surface area (Å²) in [5.74, 6) is 3.20. The van der Waals surface area contributed by atoms with Gasteiger partial charge in [0.2, 0.25) is 0 Å². The zero-order valence-electron chi connectivity index (χ0n) is 12.1. The van der Waals surface area contributed by atoms with Crippen molar-refractivity contribution in [2.45, 2.75) is 13.2 Å². The molecule has 0 saturated carbocycles. The zero-order chi connectivity index (χ0) is 15.2. The molecule has 2 heterocycles. The molecule has 3 aromatic rings. The summed E-state index contributed by atoms with van der Waals surface area (Å²) in [6.07, 6.45) is 8.90. The summed E-state index contributed by atoms with van der Waals surface area (Å²) in [4.78, 5) is 4.42. The van der Waals surface area contributed by atoms with Crippen molar-refractivity contribution in [2.24, 2.45) is 0 Å². The molecule has 4 heteroatoms. The molecule has 1 aromatic carbocycles. The first kappa shape index (κ1) is 14.2. The van der Waals surface area contributed by atoms with Crippen LogP contribution >= 0.6 is 0 Å². The lowest BCUT2D eigenvalue weighted by Crippen LogP contribution is -2.00. The Kier molecular flexibility index (Phi) is 4.38. The van der Waals surface area contributed by atoms with Crippen LogP contribution in [0.2, 0.25) is 0 Å². The van der Waals surface area contributed by atoms with E-state index in [1.807, 2.05) is 53.1 Å². The van der Waals surface area contributed by atoms with Crippen LogP contribution in [0, 0.1) is 12.3 Å². The smallest absolute Gasteiger partial charge is 0.179 e. The second kappa shape index (κ2) is 6.79. The third-order valence-corrected chi connectivity index (χ3v) is 3.25. The monoisotopic (exact) mass is 292 g/mol. The first-order chi connectivity index (χ1) is 10.9. The molecule has 0 fully saturated rings. The summed E-state index contributed by atoms with van der Waals surface area (Å²) in [6, 6.07) is 13.9. The first-order valence-corrected chi connectivity index (χ1v) is 7.01. The van der Waals surface area contributed by atoms with Gasteiger partial charge in [-0.1, -0.05) is 36.3 Å². The predicted octanol–water partition coefficient (Wildman–Crippen LogP) is 3.06. The van der Waals surface area contributed by atoms with Crippen molar-refractivity contribution in [2.75, 3.05) is 6.61 Å². The number of pyridine rings is 1. The Labute approximate surface area is 129 Å². The first-order valence-electron chi connectivity index (χ1n) is 7.01. The van der Waals surface area contributed by atoms with E-state index < -0.39 is 0 Å². The summed E-state index contributed by atoms with van der Waals surface area (Å²) in [7, 11) is 0. The molecule has 0 N–H and O–H groups in total. The average molecular weight is 292 g/mol. The van der Waals surface area contributed by atoms with Gasteiger partial charge in [-0.25, -0.2) is 4.98 Å². The number of nitrogens with zero attached hydrogens (tertiary/aromatic N) is 2. The Bertz CT molecular complexity index is 788. The van der Waals surface area contributed by atoms with Gasteiger partial charge in [0.05, 0.1) is 18.5 Å². The maximum absolute atomic E-state index is 5.89. The predicted molar refractivity (Wildman–Crippen MR) is 84.5 cm³/mol. The van der Waals surface area contributed by atoms with Crippen molar-refractivity contribution in [3.05, 3.63) is 66.1 Å². The minimum Gasteiger partial charge on any atom is -0.485 e. The molecule has 4 nitrogen and oxygen atoms in total. The van der Waals surface area contributed by atoms with Crippen LogP contribution < -0.4 is 4.74 Å². The molecule has 0 spiro atoms. The Morgan fingerprint density at radius 1 is 1.09 bits per heavy atom. The second-order valence-corrected chi connectivity index (χ2v) is 4.79. The van der Waals surface area contributed by atoms with Crippen molar-refractivity contribution in [1.29, 1.82) is 0 Å². The molecule has 0 bridgehead atoms. The van der Waals surface area contributed by atoms with Gasteiger partial charge in [0.15, 0.2) is 11.4 Å². The highest BCUT2D eigenvalue weighted by Crippen LogP contribution is 2.21. The topological polar surface area (TPSA) is 35.8 Å². The molecule has 0 aliphatic carbocycles. The largest absolute Gasteiger partial charge is 0.485 e. The second-order valence-electron chi connectivity index (χ2n) is 4.79. The molecule has 22 heavy (non-hydrogen) atoms. The van der Waals surface area contributed by atoms with Gasteiger partial charge in [0.1, 0.15) is 13.2 Å². The maximum Gasteiger partial charge on any atom is 0.179 e. The van der Waals surface area contributed by atoms with E-state index in [1.54, 1.807) is 6.20 Å². The average Bonchev–Trinajstić information content (AvgIpc) is 2.98. The normalized spacial score (nSPS) is 10.5. The highest BCUT2D eigenvalue weighted by molar-refractivity contribution is 5.54. The van der Waals surface area contributed by atoms with Crippen molar-refractivity contribution in [3.63, 3.8) is 0 Å². The van der Waals surface area contributed by atoms with Gasteiger partial charge in [0, 0.05) is 6.20 Å². The molecule has 0 aliphatic rings. The fraction of sp³-hybridized carbons (Fsp3) is 0.167. The number of rotatable bonds is 6. The number of benzene rings is 1. The SMILES string of the molecule is C#CCOCc1cnc2c(OCc3ccccc3)cccn12. The lowest BCUT2D eigenvalue weighted by molar-refractivity contribution is 0.150. The summed E-state index contributed by atoms with van der Waals surface area (Å²) in [5, 5.41) is 0. The Morgan fingerprint density at radius 3 is 2.77 bits per heavy atom. The van der Waals surface area contributed by atoms with Crippen LogP contribution in [0.3, 0.4) is 0 Å².